The predicted octanol–water partition coefficient (Wildman–Crippen LogP) is 2.80. The van der Waals surface area contributed by atoms with Gasteiger partial charge in [-0.2, -0.15) is 13.2 Å². The lowest BCUT2D eigenvalue weighted by atomic mass is 10.1. The van der Waals surface area contributed by atoms with Crippen LogP contribution in [0.1, 0.15) is 11.1 Å². The van der Waals surface area contributed by atoms with E-state index in [0.717, 1.165) is 12.1 Å². The maximum absolute atomic E-state index is 12.4. The summed E-state index contributed by atoms with van der Waals surface area (Å²) in [6.07, 6.45) is -2.82. The van der Waals surface area contributed by atoms with Crippen LogP contribution in [0.25, 0.3) is 0 Å². The van der Waals surface area contributed by atoms with E-state index in [0.29, 0.717) is 25.2 Å². The predicted molar refractivity (Wildman–Crippen MR) is 75.2 cm³/mol. The molecule has 22 heavy (non-hydrogen) atoms. The van der Waals surface area contributed by atoms with Gasteiger partial charge in [0.1, 0.15) is 0 Å². The fourth-order valence-corrected chi connectivity index (χ4v) is 1.98. The van der Waals surface area contributed by atoms with Gasteiger partial charge in [-0.1, -0.05) is 18.2 Å². The minimum atomic E-state index is -4.33. The lowest BCUT2D eigenvalue weighted by molar-refractivity contribution is -0.137. The molecule has 0 unspecified atom stereocenters. The van der Waals surface area contributed by atoms with Gasteiger partial charge in [-0.05, 0) is 17.7 Å². The summed E-state index contributed by atoms with van der Waals surface area (Å²) >= 11 is 0. The van der Waals surface area contributed by atoms with Crippen LogP contribution in [-0.2, 0) is 17.5 Å². The second-order valence-electron chi connectivity index (χ2n) is 5.01. The third kappa shape index (κ3) is 4.24. The molecule has 1 saturated heterocycles. The number of amides is 2. The van der Waals surface area contributed by atoms with E-state index < -0.39 is 11.7 Å². The first-order valence-electron chi connectivity index (χ1n) is 6.81. The van der Waals surface area contributed by atoms with Gasteiger partial charge in [0.15, 0.2) is 0 Å². The maximum atomic E-state index is 12.4. The smallest absolute Gasteiger partial charge is 0.370 e. The summed E-state index contributed by atoms with van der Waals surface area (Å²) in [5, 5.41) is 2.66. The van der Waals surface area contributed by atoms with Crippen molar-refractivity contribution in [3.63, 3.8) is 0 Å². The Morgan fingerprint density at radius 1 is 1.36 bits per heavy atom. The third-order valence-electron chi connectivity index (χ3n) is 3.30. The molecule has 7 heteroatoms. The second-order valence-corrected chi connectivity index (χ2v) is 5.01. The summed E-state index contributed by atoms with van der Waals surface area (Å²) in [5.41, 5.74) is -0.00693. The van der Waals surface area contributed by atoms with Gasteiger partial charge in [-0.15, -0.1) is 6.58 Å². The van der Waals surface area contributed by atoms with Crippen LogP contribution in [0.15, 0.2) is 36.9 Å². The number of likely N-dealkylation sites (tertiary alicyclic amines) is 1. The fourth-order valence-electron chi connectivity index (χ4n) is 1.98. The van der Waals surface area contributed by atoms with Gasteiger partial charge in [0, 0.05) is 6.54 Å². The quantitative estimate of drug-likeness (QED) is 0.849. The van der Waals surface area contributed by atoms with Crippen LogP contribution in [0.2, 0.25) is 0 Å². The van der Waals surface area contributed by atoms with Crippen molar-refractivity contribution in [2.75, 3.05) is 19.6 Å². The van der Waals surface area contributed by atoms with Crippen molar-refractivity contribution < 1.29 is 22.7 Å². The van der Waals surface area contributed by atoms with Crippen LogP contribution < -0.4 is 5.32 Å². The summed E-state index contributed by atoms with van der Waals surface area (Å²) in [7, 11) is 0. The molecule has 0 aromatic heterocycles. The number of carbonyl (C=O) groups is 1. The monoisotopic (exact) mass is 314 g/mol. The van der Waals surface area contributed by atoms with Crippen LogP contribution in [0.4, 0.5) is 18.0 Å². The molecule has 0 aliphatic carbocycles. The Labute approximate surface area is 126 Å². The standard InChI is InChI=1S/C15H17F3N2O2/c1-2-7-19-14(21)20-8-13(9-20)22-10-11-3-5-12(6-4-11)15(16,17)18/h2-6,13H,1,7-10H2,(H,19,21). The number of alkyl halides is 3. The van der Waals surface area contributed by atoms with Crippen molar-refractivity contribution in [3.05, 3.63) is 48.0 Å². The number of urea groups is 1. The molecule has 4 nitrogen and oxygen atoms in total. The Morgan fingerprint density at radius 3 is 2.55 bits per heavy atom. The second kappa shape index (κ2) is 6.83. The molecule has 1 fully saturated rings. The van der Waals surface area contributed by atoms with Crippen LogP contribution in [-0.4, -0.2) is 36.7 Å². The molecule has 0 bridgehead atoms. The number of carbonyl (C=O) groups excluding carboxylic acids is 1. The molecule has 0 saturated carbocycles. The lowest BCUT2D eigenvalue weighted by Crippen LogP contribution is -2.57. The summed E-state index contributed by atoms with van der Waals surface area (Å²) < 4.78 is 42.8. The number of nitrogens with one attached hydrogen (secondary N) is 1. The molecule has 120 valence electrons. The fraction of sp³-hybridized carbons (Fsp3) is 0.400. The summed E-state index contributed by atoms with van der Waals surface area (Å²) in [6, 6.07) is 4.70. The number of hydrogen-bond acceptors (Lipinski definition) is 2. The van der Waals surface area contributed by atoms with Crippen LogP contribution in [0, 0.1) is 0 Å². The van der Waals surface area contributed by atoms with Crippen molar-refractivity contribution in [3.8, 4) is 0 Å². The number of benzene rings is 1. The molecule has 1 heterocycles. The van der Waals surface area contributed by atoms with Crippen LogP contribution in [0.5, 0.6) is 0 Å². The normalized spacial score (nSPS) is 15.3. The van der Waals surface area contributed by atoms with Gasteiger partial charge >= 0.3 is 12.2 Å². The Bertz CT molecular complexity index is 523. The molecule has 0 spiro atoms. The molecule has 1 aromatic rings. The van der Waals surface area contributed by atoms with Crippen molar-refractivity contribution in [1.29, 1.82) is 0 Å². The number of halogens is 3. The summed E-state index contributed by atoms with van der Waals surface area (Å²) in [4.78, 5) is 13.1. The zero-order valence-corrected chi connectivity index (χ0v) is 11.9. The van der Waals surface area contributed by atoms with Crippen molar-refractivity contribution in [2.45, 2.75) is 18.9 Å². The van der Waals surface area contributed by atoms with Gasteiger partial charge in [0.25, 0.3) is 0 Å². The minimum Gasteiger partial charge on any atom is -0.370 e. The molecular formula is C15H17F3N2O2. The number of hydrogen-bond donors (Lipinski definition) is 1. The molecule has 1 N–H and O–H groups in total. The van der Waals surface area contributed by atoms with E-state index in [-0.39, 0.29) is 18.7 Å². The van der Waals surface area contributed by atoms with E-state index in [4.69, 9.17) is 4.74 Å². The highest BCUT2D eigenvalue weighted by molar-refractivity contribution is 5.75. The third-order valence-corrected chi connectivity index (χ3v) is 3.30. The average Bonchev–Trinajstić information content (AvgIpc) is 2.43. The van der Waals surface area contributed by atoms with Gasteiger partial charge in [-0.3, -0.25) is 0 Å². The number of ether oxygens (including phenoxy) is 1. The topological polar surface area (TPSA) is 41.6 Å². The Hall–Kier alpha value is -2.02. The number of rotatable bonds is 5. The SMILES string of the molecule is C=CCNC(=O)N1CC(OCc2ccc(C(F)(F)F)cc2)C1. The van der Waals surface area contributed by atoms with Crippen molar-refractivity contribution in [2.24, 2.45) is 0 Å². The first-order valence-corrected chi connectivity index (χ1v) is 6.81. The zero-order chi connectivity index (χ0) is 16.2. The summed E-state index contributed by atoms with van der Waals surface area (Å²) in [5.74, 6) is 0. The lowest BCUT2D eigenvalue weighted by Gasteiger charge is -2.38. The largest absolute Gasteiger partial charge is 0.416 e. The molecule has 2 amide bonds. The van der Waals surface area contributed by atoms with E-state index in [1.54, 1.807) is 11.0 Å². The highest BCUT2D eigenvalue weighted by Crippen LogP contribution is 2.29. The molecule has 0 atom stereocenters. The minimum absolute atomic E-state index is 0.0863. The van der Waals surface area contributed by atoms with E-state index in [1.165, 1.54) is 12.1 Å². The van der Waals surface area contributed by atoms with Gasteiger partial charge in [-0.25, -0.2) is 4.79 Å². The molecule has 1 aromatic carbocycles. The number of nitrogens with zero attached hydrogens (tertiary/aromatic N) is 1. The van der Waals surface area contributed by atoms with E-state index in [9.17, 15) is 18.0 Å². The molecular weight excluding hydrogens is 297 g/mol. The maximum Gasteiger partial charge on any atom is 0.416 e. The van der Waals surface area contributed by atoms with Crippen LogP contribution >= 0.6 is 0 Å². The first-order chi connectivity index (χ1) is 10.4. The van der Waals surface area contributed by atoms with Gasteiger partial charge in [0.05, 0.1) is 31.4 Å². The molecule has 1 aliphatic heterocycles. The average molecular weight is 314 g/mol. The molecule has 2 rings (SSSR count). The van der Waals surface area contributed by atoms with E-state index in [2.05, 4.69) is 11.9 Å². The summed E-state index contributed by atoms with van der Waals surface area (Å²) in [6.45, 7) is 5.09. The molecule has 0 radical (unpaired) electrons. The highest BCUT2D eigenvalue weighted by Gasteiger charge is 2.31. The van der Waals surface area contributed by atoms with Gasteiger partial charge < -0.3 is 15.0 Å². The van der Waals surface area contributed by atoms with E-state index in [1.807, 2.05) is 0 Å². The van der Waals surface area contributed by atoms with Crippen molar-refractivity contribution in [1.82, 2.24) is 10.2 Å². The van der Waals surface area contributed by atoms with Crippen LogP contribution in [0.3, 0.4) is 0 Å². The molecule has 1 aliphatic rings. The Kier molecular flexibility index (Phi) is 5.07. The Balaban J connectivity index is 1.72. The first kappa shape index (κ1) is 16.4. The van der Waals surface area contributed by atoms with Gasteiger partial charge in [0.2, 0.25) is 0 Å². The highest BCUT2D eigenvalue weighted by atomic mass is 19.4. The zero-order valence-electron chi connectivity index (χ0n) is 11.9. The van der Waals surface area contributed by atoms with E-state index >= 15 is 0 Å². The van der Waals surface area contributed by atoms with Crippen molar-refractivity contribution >= 4 is 6.03 Å². The Morgan fingerprint density at radius 2 is 2.00 bits per heavy atom.